The zero-order valence-corrected chi connectivity index (χ0v) is 18.4. The molecule has 3 aromatic rings. The molecule has 1 aliphatic heterocycles. The number of rotatable bonds is 6. The highest BCUT2D eigenvalue weighted by Crippen LogP contribution is 2.25. The van der Waals surface area contributed by atoms with Crippen molar-refractivity contribution in [2.75, 3.05) is 18.9 Å². The smallest absolute Gasteiger partial charge is 0.230 e. The summed E-state index contributed by atoms with van der Waals surface area (Å²) >= 11 is 7.50. The van der Waals surface area contributed by atoms with Gasteiger partial charge in [-0.05, 0) is 44.4 Å². The van der Waals surface area contributed by atoms with Gasteiger partial charge >= 0.3 is 0 Å². The van der Waals surface area contributed by atoms with E-state index in [-0.39, 0.29) is 23.3 Å². The first-order valence-corrected chi connectivity index (χ1v) is 11.1. The van der Waals surface area contributed by atoms with Crippen molar-refractivity contribution >= 4 is 40.3 Å². The van der Waals surface area contributed by atoms with Gasteiger partial charge in [0.15, 0.2) is 10.8 Å². The Balaban J connectivity index is 1.65. The molecule has 10 heteroatoms. The van der Waals surface area contributed by atoms with E-state index in [0.29, 0.717) is 27.8 Å². The fraction of sp³-hybridized carbons (Fsp3) is 0.400. The number of carbonyl (C=O) groups is 1. The van der Waals surface area contributed by atoms with E-state index in [4.69, 9.17) is 21.7 Å². The molecule has 4 rings (SSSR count). The molecule has 1 saturated heterocycles. The molecule has 8 nitrogen and oxygen atoms in total. The molecule has 1 fully saturated rings. The SMILES string of the molecule is Cc1ccc(Cl)cc1-n1c(SCC(=O)NC[C@H]2CCCO2)nc2n[nH]c(C)c2c1=N. The number of ether oxygens (including phenoxy) is 1. The Morgan fingerprint density at radius 2 is 2.30 bits per heavy atom. The number of hydrogen-bond donors (Lipinski definition) is 3. The Kier molecular flexibility index (Phi) is 6.12. The van der Waals surface area contributed by atoms with Gasteiger partial charge in [0, 0.05) is 23.9 Å². The third-order valence-corrected chi connectivity index (χ3v) is 6.25. The second kappa shape index (κ2) is 8.79. The number of halogens is 1. The lowest BCUT2D eigenvalue weighted by molar-refractivity contribution is -0.119. The molecule has 1 aromatic carbocycles. The summed E-state index contributed by atoms with van der Waals surface area (Å²) in [6, 6.07) is 5.52. The van der Waals surface area contributed by atoms with E-state index in [1.807, 2.05) is 26.0 Å². The predicted octanol–water partition coefficient (Wildman–Crippen LogP) is 2.89. The summed E-state index contributed by atoms with van der Waals surface area (Å²) in [5.74, 6) is 0.0738. The van der Waals surface area contributed by atoms with Gasteiger partial charge in [0.25, 0.3) is 0 Å². The Morgan fingerprint density at radius 3 is 3.07 bits per heavy atom. The van der Waals surface area contributed by atoms with E-state index in [9.17, 15) is 4.79 Å². The molecular weight excluding hydrogens is 424 g/mol. The van der Waals surface area contributed by atoms with E-state index in [2.05, 4.69) is 20.5 Å². The van der Waals surface area contributed by atoms with Gasteiger partial charge in [-0.15, -0.1) is 0 Å². The maximum Gasteiger partial charge on any atom is 0.230 e. The van der Waals surface area contributed by atoms with Crippen molar-refractivity contribution in [3.05, 3.63) is 40.0 Å². The van der Waals surface area contributed by atoms with E-state index in [0.717, 1.165) is 36.4 Å². The molecule has 0 bridgehead atoms. The van der Waals surface area contributed by atoms with Crippen molar-refractivity contribution < 1.29 is 9.53 Å². The Labute approximate surface area is 182 Å². The van der Waals surface area contributed by atoms with E-state index in [1.54, 1.807) is 10.6 Å². The minimum absolute atomic E-state index is 0.0966. The monoisotopic (exact) mass is 446 g/mol. The molecule has 3 heterocycles. The lowest BCUT2D eigenvalue weighted by Gasteiger charge is -2.16. The van der Waals surface area contributed by atoms with Gasteiger partial charge < -0.3 is 10.1 Å². The van der Waals surface area contributed by atoms with Gasteiger partial charge in [-0.3, -0.25) is 19.9 Å². The van der Waals surface area contributed by atoms with Gasteiger partial charge in [0.2, 0.25) is 5.91 Å². The summed E-state index contributed by atoms with van der Waals surface area (Å²) in [5, 5.41) is 20.5. The topological polar surface area (TPSA) is 109 Å². The van der Waals surface area contributed by atoms with Crippen molar-refractivity contribution in [1.82, 2.24) is 25.1 Å². The number of aryl methyl sites for hydroxylation is 2. The number of thioether (sulfide) groups is 1. The van der Waals surface area contributed by atoms with Gasteiger partial charge in [-0.25, -0.2) is 4.98 Å². The molecule has 158 valence electrons. The van der Waals surface area contributed by atoms with Crippen LogP contribution in [0.3, 0.4) is 0 Å². The number of fused-ring (bicyclic) bond motifs is 1. The van der Waals surface area contributed by atoms with Crippen molar-refractivity contribution in [3.8, 4) is 5.69 Å². The maximum atomic E-state index is 12.4. The maximum absolute atomic E-state index is 12.4. The van der Waals surface area contributed by atoms with Crippen LogP contribution in [0.25, 0.3) is 16.7 Å². The van der Waals surface area contributed by atoms with Gasteiger partial charge in [0.1, 0.15) is 5.49 Å². The van der Waals surface area contributed by atoms with Crippen LogP contribution in [-0.2, 0) is 9.53 Å². The quantitative estimate of drug-likeness (QED) is 0.398. The zero-order valence-electron chi connectivity index (χ0n) is 16.8. The van der Waals surface area contributed by atoms with Crippen LogP contribution in [0.2, 0.25) is 5.02 Å². The first kappa shape index (κ1) is 20.9. The summed E-state index contributed by atoms with van der Waals surface area (Å²) in [4.78, 5) is 17.0. The minimum atomic E-state index is -0.100. The Bertz CT molecular complexity index is 1150. The lowest BCUT2D eigenvalue weighted by atomic mass is 10.2. The normalized spacial score (nSPS) is 16.3. The third kappa shape index (κ3) is 4.23. The molecule has 1 aliphatic rings. The highest BCUT2D eigenvalue weighted by atomic mass is 35.5. The van der Waals surface area contributed by atoms with E-state index >= 15 is 0 Å². The molecule has 1 amide bonds. The van der Waals surface area contributed by atoms with Crippen LogP contribution in [0.15, 0.2) is 23.4 Å². The summed E-state index contributed by atoms with van der Waals surface area (Å²) in [6.45, 7) is 5.08. The second-order valence-corrected chi connectivity index (χ2v) is 8.66. The number of benzene rings is 1. The van der Waals surface area contributed by atoms with Gasteiger partial charge in [-0.1, -0.05) is 29.4 Å². The van der Waals surface area contributed by atoms with Crippen molar-refractivity contribution in [2.24, 2.45) is 0 Å². The number of aromatic amines is 1. The fourth-order valence-corrected chi connectivity index (χ4v) is 4.49. The first-order chi connectivity index (χ1) is 14.4. The summed E-state index contributed by atoms with van der Waals surface area (Å²) < 4.78 is 7.27. The fourth-order valence-electron chi connectivity index (χ4n) is 3.49. The van der Waals surface area contributed by atoms with Crippen LogP contribution in [-0.4, -0.2) is 50.7 Å². The van der Waals surface area contributed by atoms with Crippen molar-refractivity contribution in [2.45, 2.75) is 37.9 Å². The number of aromatic nitrogens is 4. The lowest BCUT2D eigenvalue weighted by Crippen LogP contribution is -2.33. The Hall–Kier alpha value is -2.36. The molecule has 0 aliphatic carbocycles. The van der Waals surface area contributed by atoms with Crippen LogP contribution in [0.4, 0.5) is 0 Å². The Morgan fingerprint density at radius 1 is 1.47 bits per heavy atom. The highest BCUT2D eigenvalue weighted by Gasteiger charge is 2.19. The van der Waals surface area contributed by atoms with Crippen LogP contribution in [0.5, 0.6) is 0 Å². The van der Waals surface area contributed by atoms with Gasteiger partial charge in [0.05, 0.1) is 22.9 Å². The molecule has 0 radical (unpaired) electrons. The van der Waals surface area contributed by atoms with Crippen LogP contribution >= 0.6 is 23.4 Å². The van der Waals surface area contributed by atoms with Crippen LogP contribution in [0.1, 0.15) is 24.1 Å². The summed E-state index contributed by atoms with van der Waals surface area (Å²) in [7, 11) is 0. The molecule has 2 aromatic heterocycles. The molecule has 0 spiro atoms. The number of nitrogens with one attached hydrogen (secondary N) is 3. The molecule has 0 saturated carbocycles. The second-order valence-electron chi connectivity index (χ2n) is 7.28. The number of carbonyl (C=O) groups excluding carboxylic acids is 1. The zero-order chi connectivity index (χ0) is 21.3. The number of nitrogens with zero attached hydrogens (tertiary/aromatic N) is 3. The predicted molar refractivity (Wildman–Crippen MR) is 116 cm³/mol. The number of hydrogen-bond acceptors (Lipinski definition) is 6. The number of amides is 1. The third-order valence-electron chi connectivity index (χ3n) is 5.08. The largest absolute Gasteiger partial charge is 0.376 e. The standard InChI is InChI=1S/C20H23ClN6O2S/c1-11-5-6-13(21)8-15(11)27-18(22)17-12(2)25-26-19(17)24-20(27)30-10-16(28)23-9-14-4-3-7-29-14/h5-6,8,14,22H,3-4,7,9-10H2,1-2H3,(H,23,28)(H,25,26)/t14-/m1/s1. The van der Waals surface area contributed by atoms with Crippen LogP contribution < -0.4 is 10.8 Å². The molecule has 3 N–H and O–H groups in total. The summed E-state index contributed by atoms with van der Waals surface area (Å²) in [6.07, 6.45) is 2.10. The minimum Gasteiger partial charge on any atom is -0.376 e. The molecule has 0 unspecified atom stereocenters. The summed E-state index contributed by atoms with van der Waals surface area (Å²) in [5.41, 5.74) is 3.17. The van der Waals surface area contributed by atoms with E-state index < -0.39 is 0 Å². The van der Waals surface area contributed by atoms with Crippen LogP contribution in [0, 0.1) is 19.3 Å². The first-order valence-electron chi connectivity index (χ1n) is 9.74. The van der Waals surface area contributed by atoms with Crippen molar-refractivity contribution in [1.29, 1.82) is 5.41 Å². The van der Waals surface area contributed by atoms with E-state index in [1.165, 1.54) is 11.8 Å². The number of H-pyrrole nitrogens is 1. The van der Waals surface area contributed by atoms with Crippen molar-refractivity contribution in [3.63, 3.8) is 0 Å². The van der Waals surface area contributed by atoms with Gasteiger partial charge in [-0.2, -0.15) is 5.10 Å². The molecule has 30 heavy (non-hydrogen) atoms. The average Bonchev–Trinajstić information content (AvgIpc) is 3.37. The average molecular weight is 447 g/mol. The molecule has 1 atom stereocenters. The molecular formula is C20H23ClN6O2S. The highest BCUT2D eigenvalue weighted by molar-refractivity contribution is 7.99.